The third kappa shape index (κ3) is 3.06. The molecule has 2 saturated heterocycles. The molecule has 6 nitrogen and oxygen atoms in total. The van der Waals surface area contributed by atoms with E-state index in [1.807, 2.05) is 0 Å². The Hall–Kier alpha value is -1.88. The normalized spacial score (nSPS) is 26.8. The van der Waals surface area contributed by atoms with Gasteiger partial charge in [-0.15, -0.1) is 13.2 Å². The maximum Gasteiger partial charge on any atom is 0.573 e. The molecule has 0 aromatic heterocycles. The lowest BCUT2D eigenvalue weighted by atomic mass is 9.89. The maximum atomic E-state index is 14.1. The van der Waals surface area contributed by atoms with Crippen LogP contribution in [0.5, 0.6) is 5.75 Å². The smallest absolute Gasteiger partial charge is 0.481 e. The van der Waals surface area contributed by atoms with Crippen molar-refractivity contribution in [1.29, 1.82) is 0 Å². The van der Waals surface area contributed by atoms with Gasteiger partial charge < -0.3 is 9.84 Å². The fourth-order valence-corrected chi connectivity index (χ4v) is 5.71. The highest BCUT2D eigenvalue weighted by molar-refractivity contribution is 7.89. The molecule has 2 heterocycles. The summed E-state index contributed by atoms with van der Waals surface area (Å²) in [5.41, 5.74) is 0. The molecule has 0 aliphatic carbocycles. The van der Waals surface area contributed by atoms with E-state index in [4.69, 9.17) is 0 Å². The molecule has 25 heavy (non-hydrogen) atoms. The number of sulfonamides is 1. The first-order valence-electron chi connectivity index (χ1n) is 7.33. The number of aliphatic carboxylic acids is 1. The summed E-state index contributed by atoms with van der Waals surface area (Å²) in [5.74, 6) is -4.72. The Labute approximate surface area is 140 Å². The van der Waals surface area contributed by atoms with Gasteiger partial charge in [0.1, 0.15) is 5.82 Å². The van der Waals surface area contributed by atoms with Gasteiger partial charge in [-0.1, -0.05) is 6.07 Å². The van der Waals surface area contributed by atoms with Crippen LogP contribution in [0, 0.1) is 11.7 Å². The van der Waals surface area contributed by atoms with Crippen molar-refractivity contribution in [3.8, 4) is 5.75 Å². The van der Waals surface area contributed by atoms with Gasteiger partial charge >= 0.3 is 12.3 Å². The van der Waals surface area contributed by atoms with Gasteiger partial charge in [-0.2, -0.15) is 4.31 Å². The summed E-state index contributed by atoms with van der Waals surface area (Å²) in [5, 5.41) is 9.18. The number of alkyl halides is 3. The predicted octanol–water partition coefficient (Wildman–Crippen LogP) is 2.35. The average Bonchev–Trinajstić information content (AvgIpc) is 3.03. The number of ether oxygens (including phenoxy) is 1. The summed E-state index contributed by atoms with van der Waals surface area (Å²) in [7, 11) is -4.70. The summed E-state index contributed by atoms with van der Waals surface area (Å²) in [6.07, 6.45) is -4.53. The maximum absolute atomic E-state index is 14.1. The SMILES string of the molecule is O=C(O)C1CC2CCC1N2S(=O)(=O)c1c(F)cccc1OC(F)(F)F. The highest BCUT2D eigenvalue weighted by Gasteiger charge is 2.55. The number of benzene rings is 1. The van der Waals surface area contributed by atoms with E-state index < -0.39 is 56.8 Å². The van der Waals surface area contributed by atoms with Crippen LogP contribution in [0.3, 0.4) is 0 Å². The van der Waals surface area contributed by atoms with Crippen molar-refractivity contribution in [3.63, 3.8) is 0 Å². The Balaban J connectivity index is 2.06. The minimum Gasteiger partial charge on any atom is -0.481 e. The lowest BCUT2D eigenvalue weighted by Crippen LogP contribution is -2.38. The molecule has 1 aromatic rings. The van der Waals surface area contributed by atoms with E-state index in [0.717, 1.165) is 10.4 Å². The molecule has 2 fully saturated rings. The van der Waals surface area contributed by atoms with Gasteiger partial charge in [0.2, 0.25) is 10.0 Å². The third-order valence-corrected chi connectivity index (χ3v) is 6.52. The van der Waals surface area contributed by atoms with Gasteiger partial charge in [-0.3, -0.25) is 4.79 Å². The van der Waals surface area contributed by atoms with Crippen LogP contribution in [0.2, 0.25) is 0 Å². The second-order valence-electron chi connectivity index (χ2n) is 5.93. The zero-order valence-corrected chi connectivity index (χ0v) is 13.3. The van der Waals surface area contributed by atoms with Gasteiger partial charge in [0, 0.05) is 12.1 Å². The molecule has 2 bridgehead atoms. The number of rotatable bonds is 4. The lowest BCUT2D eigenvalue weighted by Gasteiger charge is -2.24. The molecule has 0 radical (unpaired) electrons. The standard InChI is InChI=1S/C14H13F4NO5S/c15-9-2-1-3-11(24-14(16,17)18)12(9)25(22,23)19-7-4-5-10(19)8(6-7)13(20)21/h1-3,7-8,10H,4-6H2,(H,20,21). The summed E-state index contributed by atoms with van der Waals surface area (Å²) in [6.45, 7) is 0. The number of carboxylic acid groups (broad SMARTS) is 1. The fourth-order valence-electron chi connectivity index (χ4n) is 3.63. The van der Waals surface area contributed by atoms with Crippen molar-refractivity contribution in [2.45, 2.75) is 42.6 Å². The number of halogens is 4. The zero-order valence-electron chi connectivity index (χ0n) is 12.5. The molecule has 0 spiro atoms. The first-order chi connectivity index (χ1) is 11.5. The van der Waals surface area contributed by atoms with Crippen LogP contribution < -0.4 is 4.74 Å². The molecule has 2 aliphatic heterocycles. The largest absolute Gasteiger partial charge is 0.573 e. The number of nitrogens with zero attached hydrogens (tertiary/aromatic N) is 1. The summed E-state index contributed by atoms with van der Waals surface area (Å²) in [4.78, 5) is 10.0. The third-order valence-electron chi connectivity index (χ3n) is 4.48. The zero-order chi connectivity index (χ0) is 18.6. The van der Waals surface area contributed by atoms with E-state index >= 15 is 0 Å². The van der Waals surface area contributed by atoms with Crippen molar-refractivity contribution in [2.24, 2.45) is 5.92 Å². The number of hydrogen-bond donors (Lipinski definition) is 1. The molecule has 138 valence electrons. The highest BCUT2D eigenvalue weighted by Crippen LogP contribution is 2.46. The molecule has 0 saturated carbocycles. The minimum absolute atomic E-state index is 0.0448. The van der Waals surface area contributed by atoms with Crippen LogP contribution in [0.4, 0.5) is 17.6 Å². The van der Waals surface area contributed by atoms with Crippen molar-refractivity contribution in [1.82, 2.24) is 4.31 Å². The van der Waals surface area contributed by atoms with E-state index in [0.29, 0.717) is 18.6 Å². The second kappa shape index (κ2) is 5.84. The van der Waals surface area contributed by atoms with Crippen LogP contribution in [-0.2, 0) is 14.8 Å². The lowest BCUT2D eigenvalue weighted by molar-refractivity contribution is -0.275. The van der Waals surface area contributed by atoms with Crippen LogP contribution in [-0.4, -0.2) is 42.2 Å². The van der Waals surface area contributed by atoms with Crippen molar-refractivity contribution in [3.05, 3.63) is 24.0 Å². The minimum atomic E-state index is -5.20. The molecule has 1 N–H and O–H groups in total. The Morgan fingerprint density at radius 3 is 2.52 bits per heavy atom. The van der Waals surface area contributed by atoms with Gasteiger partial charge in [0.05, 0.1) is 5.92 Å². The first kappa shape index (κ1) is 17.9. The van der Waals surface area contributed by atoms with Gasteiger partial charge in [-0.05, 0) is 31.4 Å². The number of fused-ring (bicyclic) bond motifs is 2. The van der Waals surface area contributed by atoms with E-state index in [1.165, 1.54) is 0 Å². The number of carbonyl (C=O) groups is 1. The van der Waals surface area contributed by atoms with E-state index in [2.05, 4.69) is 4.74 Å². The quantitative estimate of drug-likeness (QED) is 0.807. The van der Waals surface area contributed by atoms with E-state index in [9.17, 15) is 35.9 Å². The monoisotopic (exact) mass is 383 g/mol. The number of hydrogen-bond acceptors (Lipinski definition) is 4. The Bertz CT molecular complexity index is 810. The van der Waals surface area contributed by atoms with Crippen LogP contribution in [0.15, 0.2) is 23.1 Å². The van der Waals surface area contributed by atoms with Gasteiger partial charge in [-0.25, -0.2) is 12.8 Å². The Morgan fingerprint density at radius 1 is 1.28 bits per heavy atom. The van der Waals surface area contributed by atoms with E-state index in [-0.39, 0.29) is 12.8 Å². The molecule has 2 aliphatic rings. The van der Waals surface area contributed by atoms with Gasteiger partial charge in [0.15, 0.2) is 10.6 Å². The van der Waals surface area contributed by atoms with E-state index in [1.54, 1.807) is 0 Å². The van der Waals surface area contributed by atoms with Crippen LogP contribution in [0.25, 0.3) is 0 Å². The molecule has 3 atom stereocenters. The molecule has 11 heteroatoms. The van der Waals surface area contributed by atoms with Crippen molar-refractivity contribution >= 4 is 16.0 Å². The average molecular weight is 383 g/mol. The fraction of sp³-hybridized carbons (Fsp3) is 0.500. The van der Waals surface area contributed by atoms with Gasteiger partial charge in [0.25, 0.3) is 0 Å². The molecular formula is C14H13F4NO5S. The summed E-state index contributed by atoms with van der Waals surface area (Å²) in [6, 6.07) is 0.715. The van der Waals surface area contributed by atoms with Crippen molar-refractivity contribution < 1.29 is 40.6 Å². The molecule has 0 amide bonds. The summed E-state index contributed by atoms with van der Waals surface area (Å²) < 4.78 is 81.9. The summed E-state index contributed by atoms with van der Waals surface area (Å²) >= 11 is 0. The van der Waals surface area contributed by atoms with Crippen LogP contribution in [0.1, 0.15) is 19.3 Å². The predicted molar refractivity (Wildman–Crippen MR) is 74.7 cm³/mol. The number of carboxylic acids is 1. The molecule has 3 rings (SSSR count). The molecule has 1 aromatic carbocycles. The first-order valence-corrected chi connectivity index (χ1v) is 8.77. The second-order valence-corrected chi connectivity index (χ2v) is 7.71. The molecular weight excluding hydrogens is 370 g/mol. The van der Waals surface area contributed by atoms with Crippen molar-refractivity contribution in [2.75, 3.05) is 0 Å². The topological polar surface area (TPSA) is 83.9 Å². The Morgan fingerprint density at radius 2 is 1.96 bits per heavy atom. The van der Waals surface area contributed by atoms with Crippen LogP contribution >= 0.6 is 0 Å². The molecule has 3 unspecified atom stereocenters. The highest BCUT2D eigenvalue weighted by atomic mass is 32.2. The Kier molecular flexibility index (Phi) is 4.18.